The maximum absolute atomic E-state index is 12.5. The third-order valence-corrected chi connectivity index (χ3v) is 6.46. The van der Waals surface area contributed by atoms with E-state index < -0.39 is 15.8 Å². The van der Waals surface area contributed by atoms with Crippen molar-refractivity contribution >= 4 is 21.7 Å². The van der Waals surface area contributed by atoms with Crippen LogP contribution in [0.4, 0.5) is 0 Å². The molecule has 1 aromatic carbocycles. The first-order valence-electron chi connectivity index (χ1n) is 9.77. The summed E-state index contributed by atoms with van der Waals surface area (Å²) < 4.78 is 39.1. The normalized spacial score (nSPS) is 17.5. The Kier molecular flexibility index (Phi) is 8.75. The summed E-state index contributed by atoms with van der Waals surface area (Å²) in [4.78, 5) is 26.0. The summed E-state index contributed by atoms with van der Waals surface area (Å²) in [6.07, 6.45) is 2.09. The van der Waals surface area contributed by atoms with E-state index in [2.05, 4.69) is 0 Å². The van der Waals surface area contributed by atoms with Crippen LogP contribution in [0.3, 0.4) is 0 Å². The Balaban J connectivity index is 1.76. The quantitative estimate of drug-likeness (QED) is 0.497. The van der Waals surface area contributed by atoms with Crippen LogP contribution in [-0.2, 0) is 24.2 Å². The maximum Gasteiger partial charge on any atom is 0.309 e. The lowest BCUT2D eigenvalue weighted by atomic mass is 10.2. The lowest BCUT2D eigenvalue weighted by Gasteiger charge is -2.28. The van der Waals surface area contributed by atoms with Crippen molar-refractivity contribution in [1.29, 1.82) is 0 Å². The van der Waals surface area contributed by atoms with Gasteiger partial charge in [0.25, 0.3) is 5.91 Å². The summed E-state index contributed by atoms with van der Waals surface area (Å²) in [5.41, 5.74) is 0. The van der Waals surface area contributed by atoms with Crippen molar-refractivity contribution in [3.8, 4) is 11.5 Å². The van der Waals surface area contributed by atoms with E-state index in [1.165, 1.54) is 0 Å². The monoisotopic (exact) mass is 427 g/mol. The zero-order valence-corrected chi connectivity index (χ0v) is 17.8. The van der Waals surface area contributed by atoms with E-state index >= 15 is 0 Å². The molecule has 1 amide bonds. The van der Waals surface area contributed by atoms with Crippen LogP contribution in [0.15, 0.2) is 24.3 Å². The van der Waals surface area contributed by atoms with Gasteiger partial charge in [-0.05, 0) is 37.1 Å². The topological polar surface area (TPSA) is 99.2 Å². The van der Waals surface area contributed by atoms with Gasteiger partial charge in [0.05, 0.1) is 31.6 Å². The molecule has 1 saturated heterocycles. The average molecular weight is 428 g/mol. The highest BCUT2D eigenvalue weighted by atomic mass is 32.2. The van der Waals surface area contributed by atoms with Crippen molar-refractivity contribution in [3.05, 3.63) is 24.3 Å². The number of nitrogens with zero attached hydrogens (tertiary/aromatic N) is 1. The van der Waals surface area contributed by atoms with Gasteiger partial charge in [-0.15, -0.1) is 0 Å². The van der Waals surface area contributed by atoms with Crippen molar-refractivity contribution < 1.29 is 32.2 Å². The molecule has 1 fully saturated rings. The van der Waals surface area contributed by atoms with Gasteiger partial charge in [-0.3, -0.25) is 9.59 Å². The molecule has 2 rings (SSSR count). The van der Waals surface area contributed by atoms with Crippen molar-refractivity contribution in [3.63, 3.8) is 0 Å². The number of carbonyl (C=O) groups is 2. The Hall–Kier alpha value is -2.29. The van der Waals surface area contributed by atoms with Crippen molar-refractivity contribution in [1.82, 2.24) is 4.90 Å². The highest BCUT2D eigenvalue weighted by molar-refractivity contribution is 7.91. The molecule has 0 spiro atoms. The number of unbranched alkanes of at least 4 members (excludes halogenated alkanes) is 1. The van der Waals surface area contributed by atoms with Crippen LogP contribution in [0.1, 0.15) is 32.6 Å². The molecule has 29 heavy (non-hydrogen) atoms. The van der Waals surface area contributed by atoms with Crippen molar-refractivity contribution in [2.75, 3.05) is 38.4 Å². The summed E-state index contributed by atoms with van der Waals surface area (Å²) >= 11 is 0. The van der Waals surface area contributed by atoms with Crippen molar-refractivity contribution in [2.45, 2.75) is 38.6 Å². The molecule has 1 aliphatic heterocycles. The molecule has 0 bridgehead atoms. The summed E-state index contributed by atoms with van der Waals surface area (Å²) in [7, 11) is -1.53. The standard InChI is InChI=1S/C20H29NO7S/c1-3-4-11-21(16-10-13-29(24,25)15-16)19(22)14-28-20(23)9-12-27-18-7-5-17(26-2)6-8-18/h5-8,16H,3-4,9-15H2,1-2H3. The van der Waals surface area contributed by atoms with Crippen LogP contribution < -0.4 is 9.47 Å². The smallest absolute Gasteiger partial charge is 0.309 e. The van der Waals surface area contributed by atoms with E-state index in [1.54, 1.807) is 36.3 Å². The van der Waals surface area contributed by atoms with Gasteiger partial charge in [-0.25, -0.2) is 8.42 Å². The first kappa shape index (κ1) is 23.0. The number of benzene rings is 1. The number of esters is 1. The van der Waals surface area contributed by atoms with Gasteiger partial charge in [0.2, 0.25) is 0 Å². The van der Waals surface area contributed by atoms with Gasteiger partial charge in [-0.1, -0.05) is 13.3 Å². The Labute approximate surface area is 172 Å². The number of methoxy groups -OCH3 is 1. The number of amides is 1. The highest BCUT2D eigenvalue weighted by Crippen LogP contribution is 2.19. The Morgan fingerprint density at radius 1 is 1.17 bits per heavy atom. The molecule has 0 N–H and O–H groups in total. The van der Waals surface area contributed by atoms with Crippen LogP contribution in [0.2, 0.25) is 0 Å². The lowest BCUT2D eigenvalue weighted by Crippen LogP contribution is -2.43. The number of carbonyl (C=O) groups excluding carboxylic acids is 2. The fourth-order valence-corrected chi connectivity index (χ4v) is 4.81. The summed E-state index contributed by atoms with van der Waals surface area (Å²) in [5, 5.41) is 0. The number of rotatable bonds is 11. The molecule has 1 heterocycles. The second kappa shape index (κ2) is 11.0. The first-order chi connectivity index (χ1) is 13.8. The fourth-order valence-electron chi connectivity index (χ4n) is 3.08. The van der Waals surface area contributed by atoms with Crippen LogP contribution in [-0.4, -0.2) is 69.6 Å². The lowest BCUT2D eigenvalue weighted by molar-refractivity contribution is -0.153. The van der Waals surface area contributed by atoms with E-state index in [9.17, 15) is 18.0 Å². The van der Waals surface area contributed by atoms with Crippen LogP contribution >= 0.6 is 0 Å². The fraction of sp³-hybridized carbons (Fsp3) is 0.600. The minimum atomic E-state index is -3.10. The van der Waals surface area contributed by atoms with E-state index in [4.69, 9.17) is 14.2 Å². The predicted octanol–water partition coefficient (Wildman–Crippen LogP) is 1.82. The van der Waals surface area contributed by atoms with Crippen LogP contribution in [0.25, 0.3) is 0 Å². The van der Waals surface area contributed by atoms with E-state index in [0.717, 1.165) is 12.8 Å². The molecule has 0 aliphatic carbocycles. The van der Waals surface area contributed by atoms with Gasteiger partial charge >= 0.3 is 5.97 Å². The molecular formula is C20H29NO7S. The van der Waals surface area contributed by atoms with E-state index in [1.807, 2.05) is 6.92 Å². The second-order valence-corrected chi connectivity index (χ2v) is 9.16. The van der Waals surface area contributed by atoms with Gasteiger partial charge < -0.3 is 19.1 Å². The Morgan fingerprint density at radius 2 is 1.86 bits per heavy atom. The zero-order valence-electron chi connectivity index (χ0n) is 17.0. The first-order valence-corrected chi connectivity index (χ1v) is 11.6. The molecule has 1 aliphatic rings. The summed E-state index contributed by atoms with van der Waals surface area (Å²) in [5.74, 6) is 0.481. The Morgan fingerprint density at radius 3 is 2.45 bits per heavy atom. The zero-order chi connectivity index (χ0) is 21.3. The molecule has 1 atom stereocenters. The molecule has 0 radical (unpaired) electrons. The minimum absolute atomic E-state index is 0.00603. The maximum atomic E-state index is 12.5. The van der Waals surface area contributed by atoms with Crippen LogP contribution in [0.5, 0.6) is 11.5 Å². The van der Waals surface area contributed by atoms with E-state index in [-0.39, 0.29) is 43.1 Å². The average Bonchev–Trinajstić information content (AvgIpc) is 3.06. The van der Waals surface area contributed by atoms with Gasteiger partial charge in [0, 0.05) is 12.6 Å². The number of ether oxygens (including phenoxy) is 3. The number of hydrogen-bond donors (Lipinski definition) is 0. The third kappa shape index (κ3) is 7.56. The van der Waals surface area contributed by atoms with Gasteiger partial charge in [-0.2, -0.15) is 0 Å². The molecule has 162 valence electrons. The second-order valence-electron chi connectivity index (χ2n) is 6.93. The molecule has 9 heteroatoms. The number of hydrogen-bond acceptors (Lipinski definition) is 7. The van der Waals surface area contributed by atoms with Gasteiger partial charge in [0.15, 0.2) is 16.4 Å². The molecule has 1 unspecified atom stereocenters. The van der Waals surface area contributed by atoms with E-state index in [0.29, 0.717) is 24.5 Å². The minimum Gasteiger partial charge on any atom is -0.497 e. The summed E-state index contributed by atoms with van der Waals surface area (Å²) in [6.45, 7) is 2.20. The SMILES string of the molecule is CCCCN(C(=O)COC(=O)CCOc1ccc(OC)cc1)C1CCS(=O)(=O)C1. The van der Waals surface area contributed by atoms with Crippen molar-refractivity contribution in [2.24, 2.45) is 0 Å². The molecule has 1 aromatic rings. The van der Waals surface area contributed by atoms with Gasteiger partial charge in [0.1, 0.15) is 11.5 Å². The summed E-state index contributed by atoms with van der Waals surface area (Å²) in [6, 6.07) is 6.63. The number of sulfone groups is 1. The molecule has 0 saturated carbocycles. The third-order valence-electron chi connectivity index (χ3n) is 4.71. The molecule has 0 aromatic heterocycles. The Bertz CT molecular complexity index is 777. The largest absolute Gasteiger partial charge is 0.497 e. The highest BCUT2D eigenvalue weighted by Gasteiger charge is 2.34. The molecular weight excluding hydrogens is 398 g/mol. The molecule has 8 nitrogen and oxygen atoms in total. The van der Waals surface area contributed by atoms with Crippen LogP contribution in [0, 0.1) is 0 Å². The predicted molar refractivity (Wildman–Crippen MR) is 108 cm³/mol.